The van der Waals surface area contributed by atoms with Gasteiger partial charge in [-0.05, 0) is 34.9 Å². The van der Waals surface area contributed by atoms with Crippen molar-refractivity contribution < 1.29 is 0 Å². The van der Waals surface area contributed by atoms with E-state index in [0.717, 1.165) is 23.4 Å². The summed E-state index contributed by atoms with van der Waals surface area (Å²) in [7, 11) is 0. The predicted molar refractivity (Wildman–Crippen MR) is 97.1 cm³/mol. The van der Waals surface area contributed by atoms with Crippen LogP contribution in [0.1, 0.15) is 28.3 Å². The van der Waals surface area contributed by atoms with Gasteiger partial charge in [-0.25, -0.2) is 0 Å². The third kappa shape index (κ3) is 3.62. The smallest absolute Gasteiger partial charge is 0.0991 e. The number of nitrogen functional groups attached to an aromatic ring is 1. The summed E-state index contributed by atoms with van der Waals surface area (Å²) in [5.41, 5.74) is 10.8. The molecule has 0 bridgehead atoms. The first-order valence-electron chi connectivity index (χ1n) is 7.89. The van der Waals surface area contributed by atoms with E-state index < -0.39 is 0 Å². The minimum atomic E-state index is -0.0697. The Morgan fingerprint density at radius 2 is 1.67 bits per heavy atom. The Hall–Kier alpha value is -3.09. The SMILES string of the molecule is N#Cc1cccc(C(NCc2ccccc2)c2ccccc2N)c1. The normalized spacial score (nSPS) is 11.6. The second-order valence-corrected chi connectivity index (χ2v) is 5.67. The van der Waals surface area contributed by atoms with Crippen molar-refractivity contribution in [3.63, 3.8) is 0 Å². The van der Waals surface area contributed by atoms with Crippen molar-refractivity contribution in [2.24, 2.45) is 0 Å². The lowest BCUT2D eigenvalue weighted by molar-refractivity contribution is 0.606. The van der Waals surface area contributed by atoms with E-state index >= 15 is 0 Å². The van der Waals surface area contributed by atoms with Gasteiger partial charge >= 0.3 is 0 Å². The quantitative estimate of drug-likeness (QED) is 0.699. The molecule has 0 saturated carbocycles. The highest BCUT2D eigenvalue weighted by atomic mass is 14.9. The van der Waals surface area contributed by atoms with Gasteiger partial charge in [0.2, 0.25) is 0 Å². The number of benzene rings is 3. The van der Waals surface area contributed by atoms with E-state index in [9.17, 15) is 5.26 Å². The largest absolute Gasteiger partial charge is 0.398 e. The third-order valence-corrected chi connectivity index (χ3v) is 4.01. The summed E-state index contributed by atoms with van der Waals surface area (Å²) in [6.45, 7) is 0.719. The summed E-state index contributed by atoms with van der Waals surface area (Å²) >= 11 is 0. The fraction of sp³-hybridized carbons (Fsp3) is 0.0952. The van der Waals surface area contributed by atoms with Crippen LogP contribution >= 0.6 is 0 Å². The van der Waals surface area contributed by atoms with Crippen LogP contribution in [0.5, 0.6) is 0 Å². The molecule has 24 heavy (non-hydrogen) atoms. The topological polar surface area (TPSA) is 61.8 Å². The summed E-state index contributed by atoms with van der Waals surface area (Å²) in [4.78, 5) is 0. The molecule has 0 aromatic heterocycles. The number of para-hydroxylation sites is 1. The maximum atomic E-state index is 9.18. The second kappa shape index (κ2) is 7.45. The molecule has 0 amide bonds. The number of nitrogens with one attached hydrogen (secondary N) is 1. The first-order valence-corrected chi connectivity index (χ1v) is 7.89. The van der Waals surface area contributed by atoms with Crippen molar-refractivity contribution in [2.45, 2.75) is 12.6 Å². The number of anilines is 1. The molecule has 3 heteroatoms. The number of hydrogen-bond donors (Lipinski definition) is 2. The van der Waals surface area contributed by atoms with E-state index in [-0.39, 0.29) is 6.04 Å². The van der Waals surface area contributed by atoms with Crippen LogP contribution in [0.15, 0.2) is 78.9 Å². The van der Waals surface area contributed by atoms with Gasteiger partial charge in [0.05, 0.1) is 17.7 Å². The zero-order valence-electron chi connectivity index (χ0n) is 13.3. The molecule has 1 atom stereocenters. The number of nitriles is 1. The van der Waals surface area contributed by atoms with Gasteiger partial charge in [0.25, 0.3) is 0 Å². The summed E-state index contributed by atoms with van der Waals surface area (Å²) < 4.78 is 0. The van der Waals surface area contributed by atoms with Gasteiger partial charge in [-0.1, -0.05) is 60.7 Å². The van der Waals surface area contributed by atoms with E-state index in [0.29, 0.717) is 5.56 Å². The van der Waals surface area contributed by atoms with Crippen molar-refractivity contribution in [2.75, 3.05) is 5.73 Å². The monoisotopic (exact) mass is 313 g/mol. The van der Waals surface area contributed by atoms with Crippen molar-refractivity contribution in [3.8, 4) is 6.07 Å². The van der Waals surface area contributed by atoms with Crippen molar-refractivity contribution in [1.29, 1.82) is 5.26 Å². The van der Waals surface area contributed by atoms with Crippen LogP contribution in [0, 0.1) is 11.3 Å². The zero-order valence-corrected chi connectivity index (χ0v) is 13.3. The third-order valence-electron chi connectivity index (χ3n) is 4.01. The number of nitrogens with zero attached hydrogens (tertiary/aromatic N) is 1. The van der Waals surface area contributed by atoms with Gasteiger partial charge in [0.1, 0.15) is 0 Å². The lowest BCUT2D eigenvalue weighted by Crippen LogP contribution is -2.23. The van der Waals surface area contributed by atoms with Crippen LogP contribution < -0.4 is 11.1 Å². The molecule has 0 radical (unpaired) electrons. The van der Waals surface area contributed by atoms with Crippen LogP contribution in [0.25, 0.3) is 0 Å². The van der Waals surface area contributed by atoms with E-state index in [1.807, 2.05) is 66.7 Å². The Bertz CT molecular complexity index is 850. The highest BCUT2D eigenvalue weighted by Crippen LogP contribution is 2.27. The first-order chi connectivity index (χ1) is 11.8. The summed E-state index contributed by atoms with van der Waals surface area (Å²) in [5, 5.41) is 12.8. The minimum absolute atomic E-state index is 0.0697. The number of rotatable bonds is 5. The Labute approximate surface area is 142 Å². The summed E-state index contributed by atoms with van der Waals surface area (Å²) in [5.74, 6) is 0. The van der Waals surface area contributed by atoms with Gasteiger partial charge in [-0.15, -0.1) is 0 Å². The van der Waals surface area contributed by atoms with Crippen LogP contribution in [-0.2, 0) is 6.54 Å². The summed E-state index contributed by atoms with van der Waals surface area (Å²) in [6, 6.07) is 27.9. The first kappa shape index (κ1) is 15.8. The van der Waals surface area contributed by atoms with Gasteiger partial charge in [0.15, 0.2) is 0 Å². The molecule has 3 N–H and O–H groups in total. The fourth-order valence-corrected chi connectivity index (χ4v) is 2.78. The maximum Gasteiger partial charge on any atom is 0.0991 e. The Balaban J connectivity index is 1.94. The average molecular weight is 313 g/mol. The van der Waals surface area contributed by atoms with E-state index in [1.54, 1.807) is 0 Å². The van der Waals surface area contributed by atoms with E-state index in [2.05, 4.69) is 23.5 Å². The van der Waals surface area contributed by atoms with Gasteiger partial charge in [0, 0.05) is 12.2 Å². The van der Waals surface area contributed by atoms with Crippen LogP contribution in [0.4, 0.5) is 5.69 Å². The molecule has 3 aromatic carbocycles. The summed E-state index contributed by atoms with van der Waals surface area (Å²) in [6.07, 6.45) is 0. The van der Waals surface area contributed by atoms with E-state index in [4.69, 9.17) is 5.73 Å². The lowest BCUT2D eigenvalue weighted by atomic mass is 9.95. The maximum absolute atomic E-state index is 9.18. The number of nitrogens with two attached hydrogens (primary N) is 1. The molecule has 0 heterocycles. The predicted octanol–water partition coefficient (Wildman–Crippen LogP) is 4.02. The van der Waals surface area contributed by atoms with Crippen molar-refractivity contribution >= 4 is 5.69 Å². The average Bonchev–Trinajstić information content (AvgIpc) is 2.64. The molecular formula is C21H19N3. The molecule has 0 spiro atoms. The Morgan fingerprint density at radius 3 is 2.42 bits per heavy atom. The molecule has 0 saturated heterocycles. The highest BCUT2D eigenvalue weighted by molar-refractivity contribution is 5.52. The molecule has 3 nitrogen and oxygen atoms in total. The number of hydrogen-bond acceptors (Lipinski definition) is 3. The van der Waals surface area contributed by atoms with Gasteiger partial charge in [-0.3, -0.25) is 0 Å². The van der Waals surface area contributed by atoms with Gasteiger partial charge in [-0.2, -0.15) is 5.26 Å². The van der Waals surface area contributed by atoms with Gasteiger partial charge < -0.3 is 11.1 Å². The van der Waals surface area contributed by atoms with Crippen LogP contribution in [0.3, 0.4) is 0 Å². The second-order valence-electron chi connectivity index (χ2n) is 5.67. The molecule has 1 unspecified atom stereocenters. The Kier molecular flexibility index (Phi) is 4.90. The fourth-order valence-electron chi connectivity index (χ4n) is 2.78. The molecule has 3 aromatic rings. The van der Waals surface area contributed by atoms with Crippen molar-refractivity contribution in [3.05, 3.63) is 101 Å². The Morgan fingerprint density at radius 1 is 0.917 bits per heavy atom. The molecule has 118 valence electrons. The lowest BCUT2D eigenvalue weighted by Gasteiger charge is -2.22. The molecule has 0 aliphatic carbocycles. The zero-order chi connectivity index (χ0) is 16.8. The van der Waals surface area contributed by atoms with Crippen molar-refractivity contribution in [1.82, 2.24) is 5.32 Å². The highest BCUT2D eigenvalue weighted by Gasteiger charge is 2.16. The molecule has 3 rings (SSSR count). The minimum Gasteiger partial charge on any atom is -0.398 e. The molecule has 0 aliphatic rings. The van der Waals surface area contributed by atoms with Crippen LogP contribution in [0.2, 0.25) is 0 Å². The van der Waals surface area contributed by atoms with E-state index in [1.165, 1.54) is 5.56 Å². The molecule has 0 aliphatic heterocycles. The standard InChI is InChI=1S/C21H19N3/c22-14-17-9-6-10-18(13-17)21(19-11-4-5-12-20(19)23)24-15-16-7-2-1-3-8-16/h1-13,21,24H,15,23H2. The van der Waals surface area contributed by atoms with Crippen LogP contribution in [-0.4, -0.2) is 0 Å². The molecule has 0 fully saturated rings. The molecular weight excluding hydrogens is 294 g/mol.